The van der Waals surface area contributed by atoms with Gasteiger partial charge in [0, 0.05) is 18.3 Å². The lowest BCUT2D eigenvalue weighted by Gasteiger charge is -1.98. The lowest BCUT2D eigenvalue weighted by Crippen LogP contribution is -1.81. The van der Waals surface area contributed by atoms with Crippen LogP contribution in [0.4, 0.5) is 0 Å². The van der Waals surface area contributed by atoms with Gasteiger partial charge in [-0.3, -0.25) is 4.98 Å². The van der Waals surface area contributed by atoms with Crippen LogP contribution in [0.2, 0.25) is 0 Å². The highest BCUT2D eigenvalue weighted by molar-refractivity contribution is 5.70. The number of rotatable bonds is 4. The monoisotopic (exact) mass is 271 g/mol. The Bertz CT molecular complexity index is 676. The molecule has 0 amide bonds. The Morgan fingerprint density at radius 2 is 1.19 bits per heavy atom. The number of hydrogen-bond acceptors (Lipinski definition) is 1. The molecule has 0 saturated carbocycles. The molecule has 1 aliphatic rings. The molecule has 0 bridgehead atoms. The van der Waals surface area contributed by atoms with Gasteiger partial charge in [-0.05, 0) is 28.8 Å². The van der Waals surface area contributed by atoms with Crippen LogP contribution in [0.25, 0.3) is 18.2 Å². The summed E-state index contributed by atoms with van der Waals surface area (Å²) in [5.74, 6) is 0.441. The van der Waals surface area contributed by atoms with Crippen molar-refractivity contribution in [2.24, 2.45) is 5.92 Å². The fourth-order valence-corrected chi connectivity index (χ4v) is 2.18. The van der Waals surface area contributed by atoms with Gasteiger partial charge < -0.3 is 0 Å². The van der Waals surface area contributed by atoms with Crippen molar-refractivity contribution >= 4 is 18.2 Å². The third-order valence-electron chi connectivity index (χ3n) is 3.40. The standard InChI is InChI=1S/C20H17N/c1-2-4-17(3-1)5-6-18-7-9-19(10-8-18)11-12-20-13-15-21-16-14-20/h1-17H/b6-5+,12-11+. The normalized spacial score (nSPS) is 14.7. The summed E-state index contributed by atoms with van der Waals surface area (Å²) in [5, 5.41) is 0. The zero-order chi connectivity index (χ0) is 14.3. The van der Waals surface area contributed by atoms with Crippen molar-refractivity contribution in [3.05, 3.63) is 95.9 Å². The Morgan fingerprint density at radius 1 is 0.667 bits per heavy atom. The van der Waals surface area contributed by atoms with Crippen molar-refractivity contribution in [3.63, 3.8) is 0 Å². The highest BCUT2D eigenvalue weighted by Gasteiger charge is 1.97. The van der Waals surface area contributed by atoms with Crippen LogP contribution in [-0.4, -0.2) is 4.98 Å². The van der Waals surface area contributed by atoms with E-state index in [2.05, 4.69) is 77.9 Å². The van der Waals surface area contributed by atoms with Crippen molar-refractivity contribution in [2.75, 3.05) is 0 Å². The molecule has 0 unspecified atom stereocenters. The van der Waals surface area contributed by atoms with Gasteiger partial charge in [-0.25, -0.2) is 0 Å². The zero-order valence-corrected chi connectivity index (χ0v) is 11.8. The summed E-state index contributed by atoms with van der Waals surface area (Å²) in [6.07, 6.45) is 20.7. The Labute approximate surface area is 125 Å². The van der Waals surface area contributed by atoms with Crippen molar-refractivity contribution in [3.8, 4) is 0 Å². The smallest absolute Gasteiger partial charge is 0.0273 e. The second-order valence-corrected chi connectivity index (χ2v) is 4.99. The summed E-state index contributed by atoms with van der Waals surface area (Å²) in [6.45, 7) is 0. The van der Waals surface area contributed by atoms with E-state index in [4.69, 9.17) is 0 Å². The van der Waals surface area contributed by atoms with Gasteiger partial charge in [-0.1, -0.05) is 72.9 Å². The maximum Gasteiger partial charge on any atom is 0.0273 e. The summed E-state index contributed by atoms with van der Waals surface area (Å²) in [6, 6.07) is 12.6. The van der Waals surface area contributed by atoms with E-state index >= 15 is 0 Å². The molecule has 1 aromatic carbocycles. The SMILES string of the molecule is C1=CC(/C=C/c2ccc(/C=C/c3ccncc3)cc2)C=C1. The van der Waals surface area contributed by atoms with Crippen molar-refractivity contribution in [1.29, 1.82) is 0 Å². The quantitative estimate of drug-likeness (QED) is 0.762. The molecule has 102 valence electrons. The molecule has 1 aliphatic carbocycles. The van der Waals surface area contributed by atoms with Crippen molar-refractivity contribution in [1.82, 2.24) is 4.98 Å². The summed E-state index contributed by atoms with van der Waals surface area (Å²) < 4.78 is 0. The van der Waals surface area contributed by atoms with Gasteiger partial charge in [0.25, 0.3) is 0 Å². The molecule has 1 aromatic heterocycles. The van der Waals surface area contributed by atoms with Crippen LogP contribution in [0.1, 0.15) is 16.7 Å². The Morgan fingerprint density at radius 3 is 1.81 bits per heavy atom. The van der Waals surface area contributed by atoms with Crippen LogP contribution < -0.4 is 0 Å². The van der Waals surface area contributed by atoms with E-state index in [1.54, 1.807) is 12.4 Å². The zero-order valence-electron chi connectivity index (χ0n) is 11.8. The van der Waals surface area contributed by atoms with Gasteiger partial charge in [0.1, 0.15) is 0 Å². The first-order valence-corrected chi connectivity index (χ1v) is 7.11. The molecule has 3 rings (SSSR count). The van der Waals surface area contributed by atoms with Gasteiger partial charge in [-0.2, -0.15) is 0 Å². The first kappa shape index (κ1) is 13.3. The molecular weight excluding hydrogens is 254 g/mol. The molecule has 0 atom stereocenters. The Balaban J connectivity index is 1.65. The van der Waals surface area contributed by atoms with E-state index in [9.17, 15) is 0 Å². The number of pyridine rings is 1. The molecule has 0 saturated heterocycles. The lowest BCUT2D eigenvalue weighted by atomic mass is 10.1. The van der Waals surface area contributed by atoms with E-state index in [1.165, 1.54) is 11.1 Å². The van der Waals surface area contributed by atoms with Crippen LogP contribution in [0.15, 0.2) is 79.2 Å². The summed E-state index contributed by atoms with van der Waals surface area (Å²) >= 11 is 0. The fraction of sp³-hybridized carbons (Fsp3) is 0.0500. The maximum absolute atomic E-state index is 4.01. The molecule has 0 aliphatic heterocycles. The Hall–Kier alpha value is -2.67. The molecule has 21 heavy (non-hydrogen) atoms. The molecule has 0 fully saturated rings. The first-order chi connectivity index (χ1) is 10.4. The third-order valence-corrected chi connectivity index (χ3v) is 3.40. The minimum atomic E-state index is 0.441. The summed E-state index contributed by atoms with van der Waals surface area (Å²) in [7, 11) is 0. The van der Waals surface area contributed by atoms with E-state index in [0.717, 1.165) is 5.56 Å². The molecule has 0 spiro atoms. The minimum Gasteiger partial charge on any atom is -0.265 e. The van der Waals surface area contributed by atoms with Gasteiger partial charge in [0.05, 0.1) is 0 Å². The van der Waals surface area contributed by atoms with Gasteiger partial charge in [-0.15, -0.1) is 0 Å². The lowest BCUT2D eigenvalue weighted by molar-refractivity contribution is 1.10. The van der Waals surface area contributed by atoms with Crippen molar-refractivity contribution in [2.45, 2.75) is 0 Å². The Kier molecular flexibility index (Phi) is 4.23. The topological polar surface area (TPSA) is 12.9 Å². The average Bonchev–Trinajstić information content (AvgIpc) is 3.06. The summed E-state index contributed by atoms with van der Waals surface area (Å²) in [5.41, 5.74) is 3.59. The van der Waals surface area contributed by atoms with Gasteiger partial charge >= 0.3 is 0 Å². The van der Waals surface area contributed by atoms with E-state index in [-0.39, 0.29) is 0 Å². The maximum atomic E-state index is 4.01. The van der Waals surface area contributed by atoms with Crippen LogP contribution in [-0.2, 0) is 0 Å². The van der Waals surface area contributed by atoms with E-state index in [0.29, 0.717) is 5.92 Å². The second kappa shape index (κ2) is 6.67. The largest absolute Gasteiger partial charge is 0.265 e. The number of nitrogens with zero attached hydrogens (tertiary/aromatic N) is 1. The first-order valence-electron chi connectivity index (χ1n) is 7.11. The fourth-order valence-electron chi connectivity index (χ4n) is 2.18. The highest BCUT2D eigenvalue weighted by atomic mass is 14.6. The number of allylic oxidation sites excluding steroid dienone is 5. The highest BCUT2D eigenvalue weighted by Crippen LogP contribution is 2.14. The molecular formula is C20H17N. The average molecular weight is 271 g/mol. The predicted octanol–water partition coefficient (Wildman–Crippen LogP) is 5.01. The molecule has 1 heteroatoms. The van der Waals surface area contributed by atoms with Crippen LogP contribution in [0, 0.1) is 5.92 Å². The van der Waals surface area contributed by atoms with Gasteiger partial charge in [0.2, 0.25) is 0 Å². The van der Waals surface area contributed by atoms with Crippen molar-refractivity contribution < 1.29 is 0 Å². The summed E-state index contributed by atoms with van der Waals surface area (Å²) in [4.78, 5) is 4.01. The van der Waals surface area contributed by atoms with Crippen LogP contribution >= 0.6 is 0 Å². The molecule has 1 nitrogen and oxygen atoms in total. The van der Waals surface area contributed by atoms with Crippen LogP contribution in [0.5, 0.6) is 0 Å². The molecule has 1 heterocycles. The molecule has 0 radical (unpaired) electrons. The molecule has 2 aromatic rings. The van der Waals surface area contributed by atoms with E-state index < -0.39 is 0 Å². The van der Waals surface area contributed by atoms with E-state index in [1.807, 2.05) is 12.1 Å². The number of benzene rings is 1. The predicted molar refractivity (Wildman–Crippen MR) is 90.4 cm³/mol. The second-order valence-electron chi connectivity index (χ2n) is 4.99. The number of aromatic nitrogens is 1. The van der Waals surface area contributed by atoms with Crippen LogP contribution in [0.3, 0.4) is 0 Å². The molecule has 0 N–H and O–H groups in total. The minimum absolute atomic E-state index is 0.441. The third kappa shape index (κ3) is 3.90. The van der Waals surface area contributed by atoms with Gasteiger partial charge in [0.15, 0.2) is 0 Å². The number of hydrogen-bond donors (Lipinski definition) is 0.